The van der Waals surface area contributed by atoms with E-state index in [1.165, 1.54) is 0 Å². The van der Waals surface area contributed by atoms with Gasteiger partial charge in [0.05, 0.1) is 5.75 Å². The van der Waals surface area contributed by atoms with Crippen molar-refractivity contribution in [3.63, 3.8) is 0 Å². The highest BCUT2D eigenvalue weighted by molar-refractivity contribution is 7.89. The van der Waals surface area contributed by atoms with E-state index in [9.17, 15) is 8.42 Å². The maximum Gasteiger partial charge on any atom is 0.211 e. The van der Waals surface area contributed by atoms with Crippen LogP contribution in [0.25, 0.3) is 0 Å². The Bertz CT molecular complexity index is 300. The van der Waals surface area contributed by atoms with E-state index in [0.29, 0.717) is 18.9 Å². The standard InChI is InChI=1S/C11H24N2O3S/c1-10(11-4-6-12-7-5-11)13-17(14,15)9-3-8-16-2/h10-13H,3-9H2,1-2H3. The van der Waals surface area contributed by atoms with Crippen molar-refractivity contribution in [2.24, 2.45) is 5.92 Å². The number of piperidine rings is 1. The quantitative estimate of drug-likeness (QED) is 0.650. The van der Waals surface area contributed by atoms with E-state index < -0.39 is 10.0 Å². The van der Waals surface area contributed by atoms with Gasteiger partial charge >= 0.3 is 0 Å². The summed E-state index contributed by atoms with van der Waals surface area (Å²) in [5.41, 5.74) is 0. The fraction of sp³-hybridized carbons (Fsp3) is 1.00. The average molecular weight is 264 g/mol. The maximum absolute atomic E-state index is 11.8. The van der Waals surface area contributed by atoms with E-state index in [4.69, 9.17) is 4.74 Å². The van der Waals surface area contributed by atoms with Crippen molar-refractivity contribution in [1.29, 1.82) is 0 Å². The van der Waals surface area contributed by atoms with Crippen LogP contribution in [0.1, 0.15) is 26.2 Å². The first-order valence-electron chi connectivity index (χ1n) is 6.25. The number of methoxy groups -OCH3 is 1. The molecule has 0 saturated carbocycles. The van der Waals surface area contributed by atoms with Gasteiger partial charge in [-0.3, -0.25) is 0 Å². The Hall–Kier alpha value is -0.170. The van der Waals surface area contributed by atoms with Crippen molar-refractivity contribution in [2.75, 3.05) is 32.6 Å². The predicted octanol–water partition coefficient (Wildman–Crippen LogP) is 0.330. The number of sulfonamides is 1. The molecule has 1 atom stereocenters. The van der Waals surface area contributed by atoms with Crippen LogP contribution in [0.3, 0.4) is 0 Å². The van der Waals surface area contributed by atoms with Crippen molar-refractivity contribution >= 4 is 10.0 Å². The number of ether oxygens (including phenoxy) is 1. The second-order valence-corrected chi connectivity index (χ2v) is 6.53. The van der Waals surface area contributed by atoms with Gasteiger partial charge in [0.25, 0.3) is 0 Å². The fourth-order valence-electron chi connectivity index (χ4n) is 2.18. The fourth-order valence-corrected chi connectivity index (χ4v) is 3.55. The van der Waals surface area contributed by atoms with Crippen LogP contribution in [-0.4, -0.2) is 47.0 Å². The third-order valence-corrected chi connectivity index (χ3v) is 4.77. The van der Waals surface area contributed by atoms with Crippen molar-refractivity contribution in [1.82, 2.24) is 10.0 Å². The monoisotopic (exact) mass is 264 g/mol. The van der Waals surface area contributed by atoms with E-state index >= 15 is 0 Å². The molecule has 1 saturated heterocycles. The number of rotatable bonds is 7. The lowest BCUT2D eigenvalue weighted by atomic mass is 9.92. The zero-order chi connectivity index (χ0) is 12.7. The minimum atomic E-state index is -3.15. The molecule has 6 heteroatoms. The summed E-state index contributed by atoms with van der Waals surface area (Å²) in [4.78, 5) is 0. The van der Waals surface area contributed by atoms with Gasteiger partial charge in [-0.15, -0.1) is 0 Å². The molecule has 1 heterocycles. The Morgan fingerprint density at radius 2 is 2.06 bits per heavy atom. The lowest BCUT2D eigenvalue weighted by Gasteiger charge is -2.28. The minimum absolute atomic E-state index is 0.0321. The number of nitrogens with one attached hydrogen (secondary N) is 2. The second-order valence-electron chi connectivity index (χ2n) is 4.66. The highest BCUT2D eigenvalue weighted by Crippen LogP contribution is 2.16. The molecule has 0 bridgehead atoms. The molecule has 2 N–H and O–H groups in total. The Morgan fingerprint density at radius 1 is 1.41 bits per heavy atom. The van der Waals surface area contributed by atoms with Gasteiger partial charge in [-0.2, -0.15) is 0 Å². The molecule has 1 aliphatic heterocycles. The van der Waals surface area contributed by atoms with Crippen LogP contribution >= 0.6 is 0 Å². The first-order valence-corrected chi connectivity index (χ1v) is 7.90. The van der Waals surface area contributed by atoms with Crippen molar-refractivity contribution in [2.45, 2.75) is 32.2 Å². The Labute approximate surface area is 104 Å². The van der Waals surface area contributed by atoms with Crippen LogP contribution in [-0.2, 0) is 14.8 Å². The zero-order valence-electron chi connectivity index (χ0n) is 10.7. The van der Waals surface area contributed by atoms with Crippen LogP contribution in [0.2, 0.25) is 0 Å². The lowest BCUT2D eigenvalue weighted by Crippen LogP contribution is -2.43. The van der Waals surface area contributed by atoms with E-state index in [0.717, 1.165) is 25.9 Å². The first kappa shape index (κ1) is 14.9. The molecule has 0 amide bonds. The largest absolute Gasteiger partial charge is 0.385 e. The van der Waals surface area contributed by atoms with Crippen LogP contribution in [0, 0.1) is 5.92 Å². The Kier molecular flexibility index (Phi) is 6.40. The van der Waals surface area contributed by atoms with Gasteiger partial charge in [-0.05, 0) is 45.2 Å². The van der Waals surface area contributed by atoms with Crippen LogP contribution in [0.15, 0.2) is 0 Å². The Morgan fingerprint density at radius 3 is 2.65 bits per heavy atom. The van der Waals surface area contributed by atoms with Gasteiger partial charge in [0.2, 0.25) is 10.0 Å². The molecule has 0 aromatic heterocycles. The van der Waals surface area contributed by atoms with Gasteiger partial charge in [0.15, 0.2) is 0 Å². The molecule has 1 aliphatic rings. The summed E-state index contributed by atoms with van der Waals surface area (Å²) in [6.45, 7) is 4.42. The van der Waals surface area contributed by atoms with E-state index in [2.05, 4.69) is 10.0 Å². The Balaban J connectivity index is 2.34. The van der Waals surface area contributed by atoms with Crippen LogP contribution in [0.4, 0.5) is 0 Å². The minimum Gasteiger partial charge on any atom is -0.385 e. The van der Waals surface area contributed by atoms with Gasteiger partial charge in [-0.25, -0.2) is 13.1 Å². The van der Waals surface area contributed by atoms with Crippen molar-refractivity contribution in [3.8, 4) is 0 Å². The third kappa shape index (κ3) is 5.81. The number of hydrogen-bond acceptors (Lipinski definition) is 4. The highest BCUT2D eigenvalue weighted by Gasteiger charge is 2.23. The summed E-state index contributed by atoms with van der Waals surface area (Å²) in [7, 11) is -1.57. The smallest absolute Gasteiger partial charge is 0.211 e. The first-order chi connectivity index (χ1) is 8.05. The van der Waals surface area contributed by atoms with Gasteiger partial charge in [0, 0.05) is 19.8 Å². The van der Waals surface area contributed by atoms with Crippen molar-refractivity contribution < 1.29 is 13.2 Å². The summed E-state index contributed by atoms with van der Waals surface area (Å²) in [6.07, 6.45) is 2.63. The predicted molar refractivity (Wildman–Crippen MR) is 68.5 cm³/mol. The van der Waals surface area contributed by atoms with E-state index in [1.54, 1.807) is 7.11 Å². The third-order valence-electron chi connectivity index (χ3n) is 3.22. The molecule has 1 rings (SSSR count). The van der Waals surface area contributed by atoms with Gasteiger partial charge in [0.1, 0.15) is 0 Å². The van der Waals surface area contributed by atoms with E-state index in [1.807, 2.05) is 6.92 Å². The topological polar surface area (TPSA) is 67.4 Å². The van der Waals surface area contributed by atoms with E-state index in [-0.39, 0.29) is 11.8 Å². The summed E-state index contributed by atoms with van der Waals surface area (Å²) < 4.78 is 31.2. The molecule has 0 aromatic rings. The summed E-state index contributed by atoms with van der Waals surface area (Å²) in [5.74, 6) is 0.601. The molecular weight excluding hydrogens is 240 g/mol. The summed E-state index contributed by atoms with van der Waals surface area (Å²) >= 11 is 0. The SMILES string of the molecule is COCCCS(=O)(=O)NC(C)C1CCNCC1. The van der Waals surface area contributed by atoms with Crippen molar-refractivity contribution in [3.05, 3.63) is 0 Å². The molecular formula is C11H24N2O3S. The normalized spacial score (nSPS) is 20.4. The maximum atomic E-state index is 11.8. The molecule has 5 nitrogen and oxygen atoms in total. The summed E-state index contributed by atoms with van der Waals surface area (Å²) in [6, 6.07) is 0.0321. The van der Waals surface area contributed by atoms with Gasteiger partial charge < -0.3 is 10.1 Å². The molecule has 1 unspecified atom stereocenters. The molecule has 0 radical (unpaired) electrons. The summed E-state index contributed by atoms with van der Waals surface area (Å²) in [5, 5.41) is 3.28. The zero-order valence-corrected chi connectivity index (χ0v) is 11.6. The lowest BCUT2D eigenvalue weighted by molar-refractivity contribution is 0.199. The number of hydrogen-bond donors (Lipinski definition) is 2. The molecule has 0 aromatic carbocycles. The van der Waals surface area contributed by atoms with Crippen LogP contribution in [0.5, 0.6) is 0 Å². The molecule has 17 heavy (non-hydrogen) atoms. The molecule has 0 aliphatic carbocycles. The molecule has 0 spiro atoms. The molecule has 1 fully saturated rings. The molecule has 102 valence electrons. The van der Waals surface area contributed by atoms with Gasteiger partial charge in [-0.1, -0.05) is 0 Å². The average Bonchev–Trinajstić information content (AvgIpc) is 2.30. The van der Waals surface area contributed by atoms with Crippen LogP contribution < -0.4 is 10.0 Å². The highest BCUT2D eigenvalue weighted by atomic mass is 32.2. The second kappa shape index (κ2) is 7.31.